The van der Waals surface area contributed by atoms with Crippen molar-refractivity contribution in [1.29, 1.82) is 0 Å². The van der Waals surface area contributed by atoms with Crippen LogP contribution in [0.25, 0.3) is 0 Å². The second-order valence-electron chi connectivity index (χ2n) is 7.15. The molecule has 1 atom stereocenters. The standard InChI is InChI=1S/C21H19F2N3O3/c22-14-5-3-13(4-6-14)11-24-19(27)12-26-18-10-15(23)7-8-16(18)20(28)25-9-1-2-17(25)21(26)29/h3-8,10,17H,1-2,9,11-12H2,(H,24,27). The summed E-state index contributed by atoms with van der Waals surface area (Å²) >= 11 is 0. The molecule has 0 bridgehead atoms. The van der Waals surface area contributed by atoms with Crippen molar-refractivity contribution in [2.45, 2.75) is 25.4 Å². The number of hydrogen-bond donors (Lipinski definition) is 1. The summed E-state index contributed by atoms with van der Waals surface area (Å²) in [4.78, 5) is 41.1. The molecule has 1 N–H and O–H groups in total. The molecule has 1 fully saturated rings. The summed E-state index contributed by atoms with van der Waals surface area (Å²) in [6.45, 7) is 0.274. The molecular weight excluding hydrogens is 380 g/mol. The highest BCUT2D eigenvalue weighted by atomic mass is 19.1. The van der Waals surface area contributed by atoms with Gasteiger partial charge in [-0.2, -0.15) is 0 Å². The molecule has 4 rings (SSSR count). The molecule has 0 aromatic heterocycles. The van der Waals surface area contributed by atoms with E-state index in [1.54, 1.807) is 12.1 Å². The Kier molecular flexibility index (Phi) is 5.00. The van der Waals surface area contributed by atoms with E-state index in [2.05, 4.69) is 5.32 Å². The largest absolute Gasteiger partial charge is 0.350 e. The number of fused-ring (bicyclic) bond motifs is 2. The first kappa shape index (κ1) is 19.0. The highest BCUT2D eigenvalue weighted by Gasteiger charge is 2.42. The number of rotatable bonds is 4. The Bertz CT molecular complexity index is 978. The molecule has 6 nitrogen and oxygen atoms in total. The summed E-state index contributed by atoms with van der Waals surface area (Å²) in [5, 5.41) is 2.68. The zero-order valence-electron chi connectivity index (χ0n) is 15.5. The Morgan fingerprint density at radius 3 is 2.55 bits per heavy atom. The number of nitrogens with zero attached hydrogens (tertiary/aromatic N) is 2. The van der Waals surface area contributed by atoms with Gasteiger partial charge in [-0.05, 0) is 48.7 Å². The topological polar surface area (TPSA) is 69.7 Å². The van der Waals surface area contributed by atoms with Gasteiger partial charge in [-0.15, -0.1) is 0 Å². The summed E-state index contributed by atoms with van der Waals surface area (Å²) in [6.07, 6.45) is 1.21. The number of amides is 3. The second-order valence-corrected chi connectivity index (χ2v) is 7.15. The first-order valence-corrected chi connectivity index (χ1v) is 9.37. The number of nitrogens with one attached hydrogen (secondary N) is 1. The third kappa shape index (κ3) is 3.70. The minimum atomic E-state index is -0.650. The van der Waals surface area contributed by atoms with E-state index >= 15 is 0 Å². The fourth-order valence-electron chi connectivity index (χ4n) is 3.79. The van der Waals surface area contributed by atoms with Crippen LogP contribution in [0, 0.1) is 11.6 Å². The normalized spacial score (nSPS) is 18.3. The lowest BCUT2D eigenvalue weighted by atomic mass is 10.1. The summed E-state index contributed by atoms with van der Waals surface area (Å²) in [6, 6.07) is 8.66. The van der Waals surface area contributed by atoms with Crippen LogP contribution in [0.4, 0.5) is 14.5 Å². The van der Waals surface area contributed by atoms with Gasteiger partial charge in [0.05, 0.1) is 11.3 Å². The number of hydrogen-bond acceptors (Lipinski definition) is 3. The van der Waals surface area contributed by atoms with E-state index in [9.17, 15) is 23.2 Å². The molecule has 150 valence electrons. The molecule has 2 aromatic carbocycles. The summed E-state index contributed by atoms with van der Waals surface area (Å²) in [5.41, 5.74) is 1.01. The SMILES string of the molecule is O=C(CN1C(=O)C2CCCN2C(=O)c2ccc(F)cc21)NCc1ccc(F)cc1. The van der Waals surface area contributed by atoms with Gasteiger partial charge in [0.25, 0.3) is 5.91 Å². The van der Waals surface area contributed by atoms with Crippen LogP contribution in [-0.2, 0) is 16.1 Å². The fourth-order valence-corrected chi connectivity index (χ4v) is 3.79. The van der Waals surface area contributed by atoms with Crippen molar-refractivity contribution in [2.24, 2.45) is 0 Å². The lowest BCUT2D eigenvalue weighted by molar-refractivity contribution is -0.125. The molecule has 29 heavy (non-hydrogen) atoms. The van der Waals surface area contributed by atoms with E-state index in [-0.39, 0.29) is 36.1 Å². The third-order valence-electron chi connectivity index (χ3n) is 5.25. The van der Waals surface area contributed by atoms with E-state index in [0.717, 1.165) is 6.07 Å². The maximum Gasteiger partial charge on any atom is 0.256 e. The molecule has 0 spiro atoms. The van der Waals surface area contributed by atoms with Crippen LogP contribution < -0.4 is 10.2 Å². The highest BCUT2D eigenvalue weighted by molar-refractivity contribution is 6.12. The molecule has 2 aliphatic rings. The summed E-state index contributed by atoms with van der Waals surface area (Å²) in [5.74, 6) is -2.15. The van der Waals surface area contributed by atoms with Gasteiger partial charge in [-0.25, -0.2) is 8.78 Å². The molecule has 8 heteroatoms. The average Bonchev–Trinajstić information content (AvgIpc) is 3.18. The van der Waals surface area contributed by atoms with Crippen LogP contribution in [0.2, 0.25) is 0 Å². The van der Waals surface area contributed by atoms with Crippen molar-refractivity contribution < 1.29 is 23.2 Å². The van der Waals surface area contributed by atoms with Gasteiger partial charge in [-0.3, -0.25) is 14.4 Å². The van der Waals surface area contributed by atoms with Gasteiger partial charge >= 0.3 is 0 Å². The van der Waals surface area contributed by atoms with Crippen molar-refractivity contribution in [3.8, 4) is 0 Å². The van der Waals surface area contributed by atoms with Gasteiger partial charge in [0, 0.05) is 13.1 Å². The summed E-state index contributed by atoms with van der Waals surface area (Å²) in [7, 11) is 0. The molecule has 2 aromatic rings. The van der Waals surface area contributed by atoms with E-state index in [1.165, 1.54) is 34.1 Å². The number of halogens is 2. The average molecular weight is 399 g/mol. The number of carbonyl (C=O) groups excluding carboxylic acids is 3. The molecule has 2 aliphatic heterocycles. The van der Waals surface area contributed by atoms with E-state index in [4.69, 9.17) is 0 Å². The quantitative estimate of drug-likeness (QED) is 0.857. The molecule has 0 saturated carbocycles. The van der Waals surface area contributed by atoms with Crippen LogP contribution >= 0.6 is 0 Å². The zero-order chi connectivity index (χ0) is 20.5. The lowest BCUT2D eigenvalue weighted by Crippen LogP contribution is -2.48. The van der Waals surface area contributed by atoms with E-state index in [0.29, 0.717) is 24.9 Å². The van der Waals surface area contributed by atoms with Gasteiger partial charge in [0.1, 0.15) is 24.2 Å². The van der Waals surface area contributed by atoms with Gasteiger partial charge < -0.3 is 15.1 Å². The van der Waals surface area contributed by atoms with Gasteiger partial charge in [-0.1, -0.05) is 12.1 Å². The zero-order valence-corrected chi connectivity index (χ0v) is 15.5. The third-order valence-corrected chi connectivity index (χ3v) is 5.25. The van der Waals surface area contributed by atoms with Crippen molar-refractivity contribution in [1.82, 2.24) is 10.2 Å². The monoisotopic (exact) mass is 399 g/mol. The molecule has 1 saturated heterocycles. The second kappa shape index (κ2) is 7.62. The number of benzene rings is 2. The molecule has 0 aliphatic carbocycles. The van der Waals surface area contributed by atoms with Gasteiger partial charge in [0.2, 0.25) is 11.8 Å². The highest BCUT2D eigenvalue weighted by Crippen LogP contribution is 2.32. The number of carbonyl (C=O) groups is 3. The van der Waals surface area contributed by atoms with Crippen molar-refractivity contribution in [2.75, 3.05) is 18.0 Å². The first-order valence-electron chi connectivity index (χ1n) is 9.37. The predicted octanol–water partition coefficient (Wildman–Crippen LogP) is 2.23. The van der Waals surface area contributed by atoms with Crippen LogP contribution in [0.5, 0.6) is 0 Å². The molecular formula is C21H19F2N3O3. The Balaban J connectivity index is 1.57. The smallest absolute Gasteiger partial charge is 0.256 e. The molecule has 0 radical (unpaired) electrons. The van der Waals surface area contributed by atoms with Crippen LogP contribution in [0.3, 0.4) is 0 Å². The van der Waals surface area contributed by atoms with Crippen LogP contribution in [0.1, 0.15) is 28.8 Å². The van der Waals surface area contributed by atoms with E-state index in [1.807, 2.05) is 0 Å². The minimum absolute atomic E-state index is 0.103. The van der Waals surface area contributed by atoms with Crippen LogP contribution in [-0.4, -0.2) is 41.8 Å². The Hall–Kier alpha value is -3.29. The molecule has 3 amide bonds. The fraction of sp³-hybridized carbons (Fsp3) is 0.286. The molecule has 2 heterocycles. The van der Waals surface area contributed by atoms with Crippen molar-refractivity contribution in [3.05, 3.63) is 65.2 Å². The number of anilines is 1. The lowest BCUT2D eigenvalue weighted by Gasteiger charge is -2.25. The maximum absolute atomic E-state index is 13.9. The summed E-state index contributed by atoms with van der Waals surface area (Å²) < 4.78 is 26.9. The van der Waals surface area contributed by atoms with Crippen LogP contribution in [0.15, 0.2) is 42.5 Å². The predicted molar refractivity (Wildman–Crippen MR) is 101 cm³/mol. The molecule has 1 unspecified atom stereocenters. The van der Waals surface area contributed by atoms with Crippen molar-refractivity contribution >= 4 is 23.4 Å². The minimum Gasteiger partial charge on any atom is -0.350 e. The van der Waals surface area contributed by atoms with E-state index < -0.39 is 23.7 Å². The maximum atomic E-state index is 13.9. The Labute approximate surface area is 166 Å². The Morgan fingerprint density at radius 1 is 1.07 bits per heavy atom. The Morgan fingerprint density at radius 2 is 1.79 bits per heavy atom. The first-order chi connectivity index (χ1) is 13.9. The van der Waals surface area contributed by atoms with Crippen molar-refractivity contribution in [3.63, 3.8) is 0 Å². The van der Waals surface area contributed by atoms with Gasteiger partial charge in [0.15, 0.2) is 0 Å².